The van der Waals surface area contributed by atoms with Crippen LogP contribution in [0.4, 0.5) is 5.82 Å². The van der Waals surface area contributed by atoms with E-state index in [2.05, 4.69) is 4.98 Å². The van der Waals surface area contributed by atoms with E-state index >= 15 is 0 Å². The van der Waals surface area contributed by atoms with Gasteiger partial charge in [-0.1, -0.05) is 0 Å². The monoisotopic (exact) mass is 237 g/mol. The smallest absolute Gasteiger partial charge is 0.351 e. The van der Waals surface area contributed by atoms with Gasteiger partial charge in [0.1, 0.15) is 11.4 Å². The van der Waals surface area contributed by atoms with E-state index in [1.54, 1.807) is 13.0 Å². The lowest BCUT2D eigenvalue weighted by molar-refractivity contribution is -0.0758. The van der Waals surface area contributed by atoms with E-state index in [4.69, 9.17) is 10.5 Å². The van der Waals surface area contributed by atoms with Crippen molar-refractivity contribution in [1.82, 2.24) is 9.55 Å². The van der Waals surface area contributed by atoms with Crippen molar-refractivity contribution in [2.45, 2.75) is 25.7 Å². The lowest BCUT2D eigenvalue weighted by atomic mass is 10.1. The average Bonchev–Trinajstić information content (AvgIpc) is 2.55. The fourth-order valence-electron chi connectivity index (χ4n) is 1.90. The third-order valence-electron chi connectivity index (χ3n) is 2.72. The van der Waals surface area contributed by atoms with Crippen LogP contribution in [-0.2, 0) is 4.74 Å². The molecule has 0 aromatic carbocycles. The van der Waals surface area contributed by atoms with Crippen LogP contribution < -0.4 is 11.4 Å². The number of nitrogen functional groups attached to an aromatic ring is 1. The lowest BCUT2D eigenvalue weighted by Gasteiger charge is -2.23. The summed E-state index contributed by atoms with van der Waals surface area (Å²) in [4.78, 5) is 15.3. The Labute approximate surface area is 98.3 Å². The summed E-state index contributed by atoms with van der Waals surface area (Å²) in [6.07, 6.45) is 2.81. The van der Waals surface area contributed by atoms with Gasteiger partial charge in [0.25, 0.3) is 0 Å². The number of nitrogens with two attached hydrogens (primary N) is 1. The molecule has 0 saturated heterocycles. The SMILES string of the molecule is CC1=C[C@@](C)(CO)O[C@H]1n1ccc(N)nc1=O. The maximum atomic E-state index is 11.7. The van der Waals surface area contributed by atoms with Crippen molar-refractivity contribution >= 4 is 5.82 Å². The fraction of sp³-hybridized carbons (Fsp3) is 0.455. The third-order valence-corrected chi connectivity index (χ3v) is 2.72. The number of hydrogen-bond acceptors (Lipinski definition) is 5. The largest absolute Gasteiger partial charge is 0.393 e. The van der Waals surface area contributed by atoms with Gasteiger partial charge in [0.2, 0.25) is 0 Å². The molecule has 0 fully saturated rings. The average molecular weight is 237 g/mol. The molecule has 1 aliphatic rings. The molecule has 1 aromatic heterocycles. The van der Waals surface area contributed by atoms with E-state index in [1.165, 1.54) is 16.8 Å². The molecule has 0 saturated carbocycles. The Balaban J connectivity index is 2.38. The summed E-state index contributed by atoms with van der Waals surface area (Å²) < 4.78 is 7.01. The lowest BCUT2D eigenvalue weighted by Crippen LogP contribution is -2.33. The second kappa shape index (κ2) is 3.97. The molecule has 6 heteroatoms. The highest BCUT2D eigenvalue weighted by atomic mass is 16.5. The third kappa shape index (κ3) is 2.09. The Morgan fingerprint density at radius 2 is 2.41 bits per heavy atom. The van der Waals surface area contributed by atoms with Gasteiger partial charge < -0.3 is 15.6 Å². The van der Waals surface area contributed by atoms with E-state index in [0.717, 1.165) is 5.57 Å². The van der Waals surface area contributed by atoms with Gasteiger partial charge in [-0.2, -0.15) is 4.98 Å². The molecule has 3 N–H and O–H groups in total. The number of rotatable bonds is 2. The van der Waals surface area contributed by atoms with Crippen LogP contribution in [0.2, 0.25) is 0 Å². The van der Waals surface area contributed by atoms with Crippen LogP contribution in [0.15, 0.2) is 28.7 Å². The number of ether oxygens (including phenoxy) is 1. The molecule has 0 bridgehead atoms. The zero-order valence-electron chi connectivity index (χ0n) is 9.75. The molecule has 0 amide bonds. The Morgan fingerprint density at radius 1 is 1.71 bits per heavy atom. The Bertz CT molecular complexity index is 523. The van der Waals surface area contributed by atoms with Crippen LogP contribution >= 0.6 is 0 Å². The van der Waals surface area contributed by atoms with Gasteiger partial charge in [-0.25, -0.2) is 4.79 Å². The zero-order valence-corrected chi connectivity index (χ0v) is 9.75. The highest BCUT2D eigenvalue weighted by molar-refractivity contribution is 5.25. The van der Waals surface area contributed by atoms with E-state index in [9.17, 15) is 9.90 Å². The number of aromatic nitrogens is 2. The predicted octanol–water partition coefficient (Wildman–Crippen LogP) is 0.0516. The van der Waals surface area contributed by atoms with Gasteiger partial charge in [-0.15, -0.1) is 0 Å². The normalized spacial score (nSPS) is 28.2. The summed E-state index contributed by atoms with van der Waals surface area (Å²) in [6.45, 7) is 3.46. The van der Waals surface area contributed by atoms with Crippen molar-refractivity contribution in [3.05, 3.63) is 34.4 Å². The Morgan fingerprint density at radius 3 is 2.94 bits per heavy atom. The molecule has 0 radical (unpaired) electrons. The van der Waals surface area contributed by atoms with Crippen LogP contribution in [0.5, 0.6) is 0 Å². The molecule has 1 aromatic rings. The molecule has 0 unspecified atom stereocenters. The minimum atomic E-state index is -0.754. The van der Waals surface area contributed by atoms with Crippen molar-refractivity contribution in [3.8, 4) is 0 Å². The maximum absolute atomic E-state index is 11.7. The van der Waals surface area contributed by atoms with Crippen molar-refractivity contribution < 1.29 is 9.84 Å². The van der Waals surface area contributed by atoms with E-state index in [-0.39, 0.29) is 12.4 Å². The molecule has 0 aliphatic carbocycles. The zero-order chi connectivity index (χ0) is 12.6. The van der Waals surface area contributed by atoms with Crippen LogP contribution in [0.25, 0.3) is 0 Å². The standard InChI is InChI=1S/C11H15N3O3/c1-7-5-11(2,6-15)17-9(7)14-4-3-8(12)13-10(14)16/h3-5,9,15H,6H2,1-2H3,(H2,12,13,16)/t9-,11+/m1/s1. The van der Waals surface area contributed by atoms with Crippen LogP contribution in [0.1, 0.15) is 20.1 Å². The molecule has 2 rings (SSSR count). The van der Waals surface area contributed by atoms with Crippen molar-refractivity contribution in [1.29, 1.82) is 0 Å². The molecular weight excluding hydrogens is 222 g/mol. The molecule has 2 heterocycles. The minimum absolute atomic E-state index is 0.141. The number of nitrogens with zero attached hydrogens (tertiary/aromatic N) is 2. The minimum Gasteiger partial charge on any atom is -0.393 e. The second-order valence-electron chi connectivity index (χ2n) is 4.37. The number of hydrogen-bond donors (Lipinski definition) is 2. The van der Waals surface area contributed by atoms with Crippen molar-refractivity contribution in [3.63, 3.8) is 0 Å². The first-order chi connectivity index (χ1) is 7.95. The van der Waals surface area contributed by atoms with Gasteiger partial charge in [0, 0.05) is 6.20 Å². The molecule has 92 valence electrons. The molecule has 1 aliphatic heterocycles. The van der Waals surface area contributed by atoms with Gasteiger partial charge in [-0.3, -0.25) is 4.57 Å². The van der Waals surface area contributed by atoms with E-state index in [1.807, 2.05) is 6.92 Å². The predicted molar refractivity (Wildman–Crippen MR) is 62.3 cm³/mol. The van der Waals surface area contributed by atoms with Gasteiger partial charge >= 0.3 is 5.69 Å². The van der Waals surface area contributed by atoms with Crippen molar-refractivity contribution in [2.75, 3.05) is 12.3 Å². The molecule has 0 spiro atoms. The summed E-state index contributed by atoms with van der Waals surface area (Å²) in [5.41, 5.74) is 5.06. The molecule has 17 heavy (non-hydrogen) atoms. The van der Waals surface area contributed by atoms with E-state index in [0.29, 0.717) is 0 Å². The summed E-state index contributed by atoms with van der Waals surface area (Å²) >= 11 is 0. The first kappa shape index (κ1) is 11.8. The second-order valence-corrected chi connectivity index (χ2v) is 4.37. The summed E-state index contributed by atoms with van der Waals surface area (Å²) in [5.74, 6) is 0.177. The quantitative estimate of drug-likeness (QED) is 0.709. The number of aliphatic hydroxyl groups is 1. The van der Waals surface area contributed by atoms with Crippen LogP contribution in [0.3, 0.4) is 0 Å². The number of anilines is 1. The summed E-state index contributed by atoms with van der Waals surface area (Å²) in [7, 11) is 0. The highest BCUT2D eigenvalue weighted by Crippen LogP contribution is 2.33. The van der Waals surface area contributed by atoms with Crippen LogP contribution in [0, 0.1) is 0 Å². The van der Waals surface area contributed by atoms with Gasteiger partial charge in [-0.05, 0) is 31.6 Å². The Kier molecular flexibility index (Phi) is 2.76. The topological polar surface area (TPSA) is 90.4 Å². The summed E-state index contributed by atoms with van der Waals surface area (Å²) in [6, 6.07) is 1.53. The first-order valence-electron chi connectivity index (χ1n) is 5.28. The van der Waals surface area contributed by atoms with Crippen molar-refractivity contribution in [2.24, 2.45) is 0 Å². The molecule has 2 atom stereocenters. The first-order valence-corrected chi connectivity index (χ1v) is 5.28. The van der Waals surface area contributed by atoms with Gasteiger partial charge in [0.05, 0.1) is 6.61 Å². The fourth-order valence-corrected chi connectivity index (χ4v) is 1.90. The highest BCUT2D eigenvalue weighted by Gasteiger charge is 2.35. The van der Waals surface area contributed by atoms with Crippen LogP contribution in [-0.4, -0.2) is 26.9 Å². The summed E-state index contributed by atoms with van der Waals surface area (Å²) in [5, 5.41) is 9.23. The Hall–Kier alpha value is -1.66. The molecule has 6 nitrogen and oxygen atoms in total. The number of aliphatic hydroxyl groups excluding tert-OH is 1. The van der Waals surface area contributed by atoms with E-state index < -0.39 is 17.5 Å². The maximum Gasteiger partial charge on any atom is 0.351 e. The van der Waals surface area contributed by atoms with Gasteiger partial charge in [0.15, 0.2) is 6.23 Å². The molecular formula is C11H15N3O3.